The highest BCUT2D eigenvalue weighted by molar-refractivity contribution is 5.98. The van der Waals surface area contributed by atoms with Gasteiger partial charge in [0.15, 0.2) is 12.6 Å². The Morgan fingerprint density at radius 2 is 1.45 bits per heavy atom. The van der Waals surface area contributed by atoms with E-state index in [1.54, 1.807) is 60.7 Å². The lowest BCUT2D eigenvalue weighted by Gasteiger charge is -2.18. The maximum Gasteiger partial charge on any atom is 0.333 e. The molecule has 0 aromatic heterocycles. The van der Waals surface area contributed by atoms with Crippen LogP contribution in [0.1, 0.15) is 34.5 Å². The highest BCUT2D eigenvalue weighted by atomic mass is 16.5. The minimum Gasteiger partial charge on any atom is -0.454 e. The van der Waals surface area contributed by atoms with Crippen molar-refractivity contribution in [2.75, 3.05) is 11.9 Å². The van der Waals surface area contributed by atoms with E-state index in [0.717, 1.165) is 12.0 Å². The molecule has 0 bridgehead atoms. The lowest BCUT2D eigenvalue weighted by atomic mass is 10.1. The Hall–Kier alpha value is -3.93. The van der Waals surface area contributed by atoms with Crippen molar-refractivity contribution in [1.29, 1.82) is 0 Å². The van der Waals surface area contributed by atoms with Crippen molar-refractivity contribution < 1.29 is 19.1 Å². The van der Waals surface area contributed by atoms with E-state index in [9.17, 15) is 14.4 Å². The molecule has 0 fully saturated rings. The predicted octanol–water partition coefficient (Wildman–Crippen LogP) is 3.90. The monoisotopic (exact) mass is 416 g/mol. The fourth-order valence-electron chi connectivity index (χ4n) is 3.08. The quantitative estimate of drug-likeness (QED) is 0.546. The van der Waals surface area contributed by atoms with Gasteiger partial charge in [0.1, 0.15) is 0 Å². The van der Waals surface area contributed by atoms with Gasteiger partial charge in [-0.2, -0.15) is 0 Å². The Balaban J connectivity index is 1.67. The van der Waals surface area contributed by atoms with Gasteiger partial charge in [-0.05, 0) is 35.7 Å². The van der Waals surface area contributed by atoms with Gasteiger partial charge in [-0.25, -0.2) is 4.79 Å². The van der Waals surface area contributed by atoms with Crippen molar-refractivity contribution >= 4 is 23.5 Å². The lowest BCUT2D eigenvalue weighted by Crippen LogP contribution is -2.36. The maximum atomic E-state index is 12.8. The molecule has 0 aliphatic carbocycles. The number of carbonyl (C=O) groups is 3. The minimum absolute atomic E-state index is 0.410. The van der Waals surface area contributed by atoms with Gasteiger partial charge in [0.05, 0.1) is 0 Å². The molecule has 6 nitrogen and oxygen atoms in total. The van der Waals surface area contributed by atoms with Gasteiger partial charge in [0, 0.05) is 11.3 Å². The van der Waals surface area contributed by atoms with Crippen LogP contribution in [-0.4, -0.2) is 24.4 Å². The first-order chi connectivity index (χ1) is 15.1. The molecule has 6 heteroatoms. The van der Waals surface area contributed by atoms with Crippen molar-refractivity contribution in [2.24, 2.45) is 0 Å². The summed E-state index contributed by atoms with van der Waals surface area (Å²) >= 11 is 0. The van der Waals surface area contributed by atoms with Crippen molar-refractivity contribution in [3.63, 3.8) is 0 Å². The zero-order chi connectivity index (χ0) is 22.1. The van der Waals surface area contributed by atoms with E-state index in [1.807, 2.05) is 31.2 Å². The number of aryl methyl sites for hydroxylation is 1. The Kier molecular flexibility index (Phi) is 7.54. The van der Waals surface area contributed by atoms with Gasteiger partial charge in [-0.1, -0.05) is 73.7 Å². The Bertz CT molecular complexity index is 1040. The van der Waals surface area contributed by atoms with Crippen molar-refractivity contribution in [3.05, 3.63) is 102 Å². The summed E-state index contributed by atoms with van der Waals surface area (Å²) in [7, 11) is 0. The van der Waals surface area contributed by atoms with E-state index in [2.05, 4.69) is 10.6 Å². The topological polar surface area (TPSA) is 84.5 Å². The third-order valence-electron chi connectivity index (χ3n) is 4.70. The zero-order valence-corrected chi connectivity index (χ0v) is 17.2. The van der Waals surface area contributed by atoms with Crippen LogP contribution >= 0.6 is 0 Å². The number of rotatable bonds is 8. The van der Waals surface area contributed by atoms with Crippen LogP contribution in [-0.2, 0) is 20.7 Å². The Labute approximate surface area is 181 Å². The van der Waals surface area contributed by atoms with Crippen LogP contribution in [0, 0.1) is 0 Å². The average molecular weight is 416 g/mol. The van der Waals surface area contributed by atoms with Crippen molar-refractivity contribution in [1.82, 2.24) is 5.32 Å². The molecule has 1 atom stereocenters. The number of carbonyl (C=O) groups excluding carboxylic acids is 3. The molecule has 158 valence electrons. The van der Waals surface area contributed by atoms with Crippen molar-refractivity contribution in [2.45, 2.75) is 19.4 Å². The van der Waals surface area contributed by atoms with E-state index in [-0.39, 0.29) is 0 Å². The molecule has 2 amide bonds. The van der Waals surface area contributed by atoms with Crippen LogP contribution in [0.2, 0.25) is 0 Å². The van der Waals surface area contributed by atoms with Gasteiger partial charge in [-0.15, -0.1) is 0 Å². The van der Waals surface area contributed by atoms with Gasteiger partial charge in [0.25, 0.3) is 11.8 Å². The molecule has 3 aromatic carbocycles. The molecule has 0 saturated heterocycles. The summed E-state index contributed by atoms with van der Waals surface area (Å²) in [5, 5.41) is 5.45. The van der Waals surface area contributed by atoms with Gasteiger partial charge >= 0.3 is 5.97 Å². The molecule has 0 heterocycles. The predicted molar refractivity (Wildman–Crippen MR) is 118 cm³/mol. The molecule has 3 rings (SSSR count). The van der Waals surface area contributed by atoms with E-state index >= 15 is 0 Å². The van der Waals surface area contributed by atoms with Crippen LogP contribution < -0.4 is 10.6 Å². The number of esters is 1. The highest BCUT2D eigenvalue weighted by Gasteiger charge is 2.25. The van der Waals surface area contributed by atoms with Crippen LogP contribution in [0.5, 0.6) is 0 Å². The summed E-state index contributed by atoms with van der Waals surface area (Å²) in [4.78, 5) is 37.7. The molecule has 0 aliphatic rings. The summed E-state index contributed by atoms with van der Waals surface area (Å²) < 4.78 is 5.24. The molecule has 1 unspecified atom stereocenters. The second-order valence-electron chi connectivity index (χ2n) is 6.85. The van der Waals surface area contributed by atoms with Gasteiger partial charge in [0.2, 0.25) is 0 Å². The zero-order valence-electron chi connectivity index (χ0n) is 17.2. The summed E-state index contributed by atoms with van der Waals surface area (Å²) in [6, 6.07) is 23.8. The van der Waals surface area contributed by atoms with Gasteiger partial charge in [-0.3, -0.25) is 9.59 Å². The summed E-state index contributed by atoms with van der Waals surface area (Å²) in [6.45, 7) is 1.53. The van der Waals surface area contributed by atoms with E-state index < -0.39 is 30.4 Å². The van der Waals surface area contributed by atoms with Gasteiger partial charge < -0.3 is 15.4 Å². The number of hydrogen-bond acceptors (Lipinski definition) is 4. The molecular formula is C25H24N2O4. The Morgan fingerprint density at radius 3 is 2.13 bits per heavy atom. The second-order valence-corrected chi connectivity index (χ2v) is 6.85. The van der Waals surface area contributed by atoms with Crippen molar-refractivity contribution in [3.8, 4) is 0 Å². The number of anilines is 1. The van der Waals surface area contributed by atoms with Crippen LogP contribution in [0.4, 0.5) is 5.69 Å². The first-order valence-electron chi connectivity index (χ1n) is 10.0. The SMILES string of the molecule is CCc1ccccc1NC(=O)COC(=O)C(NC(=O)c1ccccc1)c1ccccc1. The minimum atomic E-state index is -1.04. The molecule has 0 aliphatic heterocycles. The fourth-order valence-corrected chi connectivity index (χ4v) is 3.08. The number of benzene rings is 3. The van der Waals surface area contributed by atoms with Crippen LogP contribution in [0.3, 0.4) is 0 Å². The van der Waals surface area contributed by atoms with E-state index in [1.165, 1.54) is 0 Å². The van der Waals surface area contributed by atoms with E-state index in [4.69, 9.17) is 4.74 Å². The molecule has 2 N–H and O–H groups in total. The summed E-state index contributed by atoms with van der Waals surface area (Å²) in [5.74, 6) is -1.57. The molecule has 0 saturated carbocycles. The van der Waals surface area contributed by atoms with Crippen LogP contribution in [0.15, 0.2) is 84.9 Å². The molecule has 0 spiro atoms. The van der Waals surface area contributed by atoms with E-state index in [0.29, 0.717) is 16.8 Å². The maximum absolute atomic E-state index is 12.8. The number of hydrogen-bond donors (Lipinski definition) is 2. The second kappa shape index (κ2) is 10.7. The lowest BCUT2D eigenvalue weighted by molar-refractivity contribution is -0.149. The summed E-state index contributed by atoms with van der Waals surface area (Å²) in [5.41, 5.74) is 2.65. The van der Waals surface area contributed by atoms with Crippen LogP contribution in [0.25, 0.3) is 0 Å². The number of para-hydroxylation sites is 1. The third kappa shape index (κ3) is 6.02. The largest absolute Gasteiger partial charge is 0.454 e. The molecule has 0 radical (unpaired) electrons. The average Bonchev–Trinajstić information content (AvgIpc) is 2.82. The number of amides is 2. The number of ether oxygens (including phenoxy) is 1. The highest BCUT2D eigenvalue weighted by Crippen LogP contribution is 2.17. The normalized spacial score (nSPS) is 11.3. The molecular weight excluding hydrogens is 392 g/mol. The Morgan fingerprint density at radius 1 is 0.839 bits per heavy atom. The first kappa shape index (κ1) is 21.8. The third-order valence-corrected chi connectivity index (χ3v) is 4.70. The molecule has 3 aromatic rings. The summed E-state index contributed by atoms with van der Waals surface area (Å²) in [6.07, 6.45) is 0.762. The standard InChI is InChI=1S/C25H24N2O4/c1-2-18-11-9-10-16-21(18)26-22(28)17-31-25(30)23(19-12-5-3-6-13-19)27-24(29)20-14-7-4-8-15-20/h3-16,23H,2,17H2,1H3,(H,26,28)(H,27,29). The number of nitrogens with one attached hydrogen (secondary N) is 2. The molecule has 31 heavy (non-hydrogen) atoms. The smallest absolute Gasteiger partial charge is 0.333 e. The first-order valence-corrected chi connectivity index (χ1v) is 10.0. The fraction of sp³-hybridized carbons (Fsp3) is 0.160.